The Bertz CT molecular complexity index is 1280. The van der Waals surface area contributed by atoms with Crippen LogP contribution in [0.3, 0.4) is 0 Å². The molecule has 0 saturated carbocycles. The van der Waals surface area contributed by atoms with Gasteiger partial charge in [0, 0.05) is 36.7 Å². The summed E-state index contributed by atoms with van der Waals surface area (Å²) in [6.45, 7) is 4.02. The predicted octanol–water partition coefficient (Wildman–Crippen LogP) is 3.05. The molecule has 0 saturated heterocycles. The van der Waals surface area contributed by atoms with E-state index in [0.29, 0.717) is 25.7 Å². The van der Waals surface area contributed by atoms with Gasteiger partial charge in [0.2, 0.25) is 0 Å². The maximum absolute atomic E-state index is 10.4. The Morgan fingerprint density at radius 3 is 1.26 bits per heavy atom. The minimum absolute atomic E-state index is 0. The molecule has 8 nitrogen and oxygen atoms in total. The second-order valence-corrected chi connectivity index (χ2v) is 8.99. The molecule has 0 radical (unpaired) electrons. The maximum atomic E-state index is 10.4. The van der Waals surface area contributed by atoms with Gasteiger partial charge in [0.25, 0.3) is 0 Å². The summed E-state index contributed by atoms with van der Waals surface area (Å²) in [5.74, 6) is -2.01. The summed E-state index contributed by atoms with van der Waals surface area (Å²) in [5, 5.41) is 20.8. The second-order valence-electron chi connectivity index (χ2n) is 8.99. The molecule has 4 rings (SSSR count). The Morgan fingerprint density at radius 1 is 0.590 bits per heavy atom. The molecular formula is C30H30N4O4Ru. The van der Waals surface area contributed by atoms with Gasteiger partial charge in [-0.1, -0.05) is 0 Å². The minimum atomic E-state index is -1.00. The molecule has 4 aromatic heterocycles. The number of hydrogen-bond acceptors (Lipinski definition) is 8. The van der Waals surface area contributed by atoms with Crippen LogP contribution in [0.4, 0.5) is 0 Å². The fourth-order valence-corrected chi connectivity index (χ4v) is 3.77. The molecule has 0 aliphatic rings. The number of aliphatic carboxylic acids is 2. The van der Waals surface area contributed by atoms with E-state index in [-0.39, 0.29) is 32.3 Å². The van der Waals surface area contributed by atoms with Gasteiger partial charge in [0.05, 0.1) is 22.8 Å². The summed E-state index contributed by atoms with van der Waals surface area (Å²) in [6, 6.07) is 15.5. The molecule has 9 heteroatoms. The van der Waals surface area contributed by atoms with E-state index in [1.165, 1.54) is 0 Å². The van der Waals surface area contributed by atoms with Crippen LogP contribution in [0.1, 0.15) is 47.9 Å². The average Bonchev–Trinajstić information content (AvgIpc) is 2.89. The third-order valence-electron chi connectivity index (χ3n) is 5.70. The fraction of sp³-hybridized carbons (Fsp3) is 0.267. The third-order valence-corrected chi connectivity index (χ3v) is 5.70. The second kappa shape index (κ2) is 16.2. The number of carboxylic acid groups (broad SMARTS) is 2. The van der Waals surface area contributed by atoms with Gasteiger partial charge < -0.3 is 19.8 Å². The van der Waals surface area contributed by atoms with E-state index < -0.39 is 11.9 Å². The third kappa shape index (κ3) is 11.2. The summed E-state index contributed by atoms with van der Waals surface area (Å²) in [5.41, 5.74) is 7.69. The van der Waals surface area contributed by atoms with Crippen molar-refractivity contribution in [3.63, 3.8) is 0 Å². The van der Waals surface area contributed by atoms with Crippen molar-refractivity contribution in [1.29, 1.82) is 0 Å². The molecule has 0 spiro atoms. The van der Waals surface area contributed by atoms with Crippen LogP contribution in [-0.4, -0.2) is 31.9 Å². The number of carbonyl (C=O) groups excluding carboxylic acids is 2. The van der Waals surface area contributed by atoms with Crippen molar-refractivity contribution >= 4 is 11.9 Å². The van der Waals surface area contributed by atoms with E-state index in [1.54, 1.807) is 24.8 Å². The molecule has 0 unspecified atom stereocenters. The van der Waals surface area contributed by atoms with Gasteiger partial charge in [0.15, 0.2) is 0 Å². The van der Waals surface area contributed by atoms with Crippen molar-refractivity contribution in [2.75, 3.05) is 0 Å². The Hall–Kier alpha value is -3.84. The Balaban J connectivity index is 0.000000267. The normalized spacial score (nSPS) is 10.1. The minimum Gasteiger partial charge on any atom is -0.550 e. The zero-order chi connectivity index (χ0) is 27.3. The van der Waals surface area contributed by atoms with Crippen LogP contribution < -0.4 is 10.2 Å². The van der Waals surface area contributed by atoms with Crippen LogP contribution in [0.25, 0.3) is 22.8 Å². The van der Waals surface area contributed by atoms with Gasteiger partial charge in [-0.3, -0.25) is 19.9 Å². The largest absolute Gasteiger partial charge is 2.00 e. The van der Waals surface area contributed by atoms with Crippen molar-refractivity contribution in [3.8, 4) is 22.8 Å². The number of hydrogen-bond donors (Lipinski definition) is 0. The smallest absolute Gasteiger partial charge is 0.550 e. The fourth-order valence-electron chi connectivity index (χ4n) is 3.77. The van der Waals surface area contributed by atoms with Gasteiger partial charge in [-0.25, -0.2) is 0 Å². The number of pyridine rings is 4. The van der Waals surface area contributed by atoms with Gasteiger partial charge >= 0.3 is 19.5 Å². The van der Waals surface area contributed by atoms with E-state index in [1.807, 2.05) is 62.4 Å². The van der Waals surface area contributed by atoms with Gasteiger partial charge in [-0.15, -0.1) is 0 Å². The molecule has 4 heterocycles. The van der Waals surface area contributed by atoms with Crippen LogP contribution in [0, 0.1) is 13.8 Å². The summed E-state index contributed by atoms with van der Waals surface area (Å²) in [6.07, 6.45) is 9.71. The zero-order valence-electron chi connectivity index (χ0n) is 21.9. The number of carboxylic acids is 2. The Labute approximate surface area is 241 Å². The topological polar surface area (TPSA) is 132 Å². The molecule has 4 aromatic rings. The maximum Gasteiger partial charge on any atom is 2.00 e. The number of rotatable bonds is 10. The van der Waals surface area contributed by atoms with Crippen molar-refractivity contribution in [2.24, 2.45) is 0 Å². The van der Waals surface area contributed by atoms with Crippen molar-refractivity contribution in [3.05, 3.63) is 95.6 Å². The number of carbonyl (C=O) groups is 2. The molecule has 0 fully saturated rings. The predicted molar refractivity (Wildman–Crippen MR) is 140 cm³/mol. The Morgan fingerprint density at radius 2 is 0.923 bits per heavy atom. The first-order valence-corrected chi connectivity index (χ1v) is 12.5. The summed E-state index contributed by atoms with van der Waals surface area (Å²) in [7, 11) is 0. The zero-order valence-corrected chi connectivity index (χ0v) is 23.7. The Kier molecular flexibility index (Phi) is 13.0. The molecule has 0 N–H and O–H groups in total. The number of aryl methyl sites for hydroxylation is 4. The van der Waals surface area contributed by atoms with Crippen LogP contribution >= 0.6 is 0 Å². The molecule has 0 bridgehead atoms. The molecule has 0 aliphatic carbocycles. The molecule has 0 aliphatic heterocycles. The number of nitrogens with zero attached hydrogens (tertiary/aromatic N) is 4. The van der Waals surface area contributed by atoms with Gasteiger partial charge in [-0.05, 0) is 123 Å². The number of aromatic nitrogens is 4. The standard InChI is InChI=1S/2C15H16N2O2.Ru/c2*1-11-5-7-16-13(9-11)14-10-12(6-8-17-14)3-2-4-15(18)19;/h2*5-10H,2-4H2,1H3,(H,18,19);/q;;+2/p-2. The van der Waals surface area contributed by atoms with E-state index in [9.17, 15) is 19.8 Å². The van der Waals surface area contributed by atoms with E-state index in [2.05, 4.69) is 19.9 Å². The average molecular weight is 612 g/mol. The van der Waals surface area contributed by atoms with E-state index >= 15 is 0 Å². The van der Waals surface area contributed by atoms with Gasteiger partial charge in [0.1, 0.15) is 0 Å². The van der Waals surface area contributed by atoms with Crippen LogP contribution in [0.5, 0.6) is 0 Å². The SMILES string of the molecule is Cc1ccnc(-c2cc(CCCC(=O)[O-])ccn2)c1.Cc1ccnc(-c2cc(CCCC(=O)[O-])ccn2)c1.[Ru+2]. The molecule has 202 valence electrons. The van der Waals surface area contributed by atoms with E-state index in [4.69, 9.17) is 0 Å². The quantitative estimate of drug-likeness (QED) is 0.250. The molecule has 0 aromatic carbocycles. The van der Waals surface area contributed by atoms with Crippen molar-refractivity contribution in [1.82, 2.24) is 19.9 Å². The molecule has 0 amide bonds. The first-order valence-electron chi connectivity index (χ1n) is 12.5. The molecule has 0 atom stereocenters. The van der Waals surface area contributed by atoms with E-state index in [0.717, 1.165) is 45.0 Å². The van der Waals surface area contributed by atoms with Crippen molar-refractivity contribution in [2.45, 2.75) is 52.4 Å². The first-order chi connectivity index (χ1) is 18.3. The first kappa shape index (κ1) is 31.4. The molecular weight excluding hydrogens is 581 g/mol. The molecule has 39 heavy (non-hydrogen) atoms. The monoisotopic (exact) mass is 612 g/mol. The summed E-state index contributed by atoms with van der Waals surface area (Å²) >= 11 is 0. The van der Waals surface area contributed by atoms with Crippen LogP contribution in [0.2, 0.25) is 0 Å². The summed E-state index contributed by atoms with van der Waals surface area (Å²) < 4.78 is 0. The van der Waals surface area contributed by atoms with Crippen molar-refractivity contribution < 1.29 is 39.3 Å². The van der Waals surface area contributed by atoms with Crippen LogP contribution in [0.15, 0.2) is 73.3 Å². The van der Waals surface area contributed by atoms with Gasteiger partial charge in [-0.2, -0.15) is 0 Å². The summed E-state index contributed by atoms with van der Waals surface area (Å²) in [4.78, 5) is 38.0. The van der Waals surface area contributed by atoms with Crippen LogP contribution in [-0.2, 0) is 41.9 Å².